The normalized spacial score (nSPS) is 14.3. The molecule has 0 aliphatic rings. The minimum Gasteiger partial charge on any atom is -0.355 e. The molecule has 1 aromatic heterocycles. The van der Waals surface area contributed by atoms with E-state index in [1.807, 2.05) is 30.8 Å². The van der Waals surface area contributed by atoms with Crippen LogP contribution in [0, 0.1) is 5.92 Å². The number of aromatic nitrogens is 2. The maximum absolute atomic E-state index is 11.6. The van der Waals surface area contributed by atoms with E-state index >= 15 is 0 Å². The summed E-state index contributed by atoms with van der Waals surface area (Å²) in [5.74, 6) is 0.168. The Morgan fingerprint density at radius 1 is 1.59 bits per heavy atom. The van der Waals surface area contributed by atoms with E-state index in [0.717, 1.165) is 19.4 Å². The molecule has 3 N–H and O–H groups in total. The summed E-state index contributed by atoms with van der Waals surface area (Å²) < 4.78 is 1.85. The molecule has 0 saturated heterocycles. The first-order valence-electron chi connectivity index (χ1n) is 6.16. The predicted molar refractivity (Wildman–Crippen MR) is 67.3 cm³/mol. The number of aryl methyl sites for hydroxylation is 1. The summed E-state index contributed by atoms with van der Waals surface area (Å²) >= 11 is 0. The van der Waals surface area contributed by atoms with Gasteiger partial charge >= 0.3 is 0 Å². The topological polar surface area (TPSA) is 72.9 Å². The lowest BCUT2D eigenvalue weighted by atomic mass is 9.99. The molecule has 2 atom stereocenters. The van der Waals surface area contributed by atoms with Crippen LogP contribution in [-0.4, -0.2) is 28.3 Å². The highest BCUT2D eigenvalue weighted by Gasteiger charge is 2.18. The van der Waals surface area contributed by atoms with E-state index in [0.29, 0.717) is 6.54 Å². The molecule has 0 spiro atoms. The van der Waals surface area contributed by atoms with Crippen molar-refractivity contribution in [3.63, 3.8) is 0 Å². The van der Waals surface area contributed by atoms with Crippen LogP contribution < -0.4 is 11.1 Å². The summed E-state index contributed by atoms with van der Waals surface area (Å²) in [6.45, 7) is 5.48. The highest BCUT2D eigenvalue weighted by atomic mass is 16.2. The molecular weight excluding hydrogens is 216 g/mol. The van der Waals surface area contributed by atoms with Crippen LogP contribution in [0.3, 0.4) is 0 Å². The van der Waals surface area contributed by atoms with Gasteiger partial charge in [-0.2, -0.15) is 5.10 Å². The summed E-state index contributed by atoms with van der Waals surface area (Å²) in [5.41, 5.74) is 5.82. The molecule has 0 aliphatic heterocycles. The molecule has 0 aromatic carbocycles. The van der Waals surface area contributed by atoms with Crippen molar-refractivity contribution in [3.05, 3.63) is 18.5 Å². The van der Waals surface area contributed by atoms with E-state index in [1.54, 1.807) is 6.20 Å². The molecule has 1 aromatic rings. The molecule has 2 unspecified atom stereocenters. The van der Waals surface area contributed by atoms with Gasteiger partial charge in [-0.25, -0.2) is 0 Å². The van der Waals surface area contributed by atoms with Crippen LogP contribution in [0.1, 0.15) is 26.7 Å². The molecule has 0 radical (unpaired) electrons. The van der Waals surface area contributed by atoms with Crippen LogP contribution in [0.15, 0.2) is 18.5 Å². The van der Waals surface area contributed by atoms with Crippen molar-refractivity contribution in [1.82, 2.24) is 15.1 Å². The van der Waals surface area contributed by atoms with Gasteiger partial charge in [-0.15, -0.1) is 0 Å². The number of nitrogens with two attached hydrogens (primary N) is 1. The first kappa shape index (κ1) is 13.7. The maximum Gasteiger partial charge on any atom is 0.237 e. The molecule has 0 aliphatic carbocycles. The van der Waals surface area contributed by atoms with Gasteiger partial charge in [0.2, 0.25) is 5.91 Å². The van der Waals surface area contributed by atoms with Gasteiger partial charge in [0, 0.05) is 25.5 Å². The smallest absolute Gasteiger partial charge is 0.237 e. The van der Waals surface area contributed by atoms with Crippen LogP contribution in [0.25, 0.3) is 0 Å². The van der Waals surface area contributed by atoms with Crippen molar-refractivity contribution >= 4 is 5.91 Å². The number of carbonyl (C=O) groups is 1. The van der Waals surface area contributed by atoms with Gasteiger partial charge in [0.1, 0.15) is 0 Å². The lowest BCUT2D eigenvalue weighted by molar-refractivity contribution is -0.123. The Balaban J connectivity index is 2.16. The number of amides is 1. The Kier molecular flexibility index (Phi) is 5.69. The first-order chi connectivity index (χ1) is 8.15. The number of nitrogens with zero attached hydrogens (tertiary/aromatic N) is 2. The molecule has 5 nitrogen and oxygen atoms in total. The van der Waals surface area contributed by atoms with E-state index in [-0.39, 0.29) is 11.8 Å². The monoisotopic (exact) mass is 238 g/mol. The van der Waals surface area contributed by atoms with E-state index in [2.05, 4.69) is 10.4 Å². The summed E-state index contributed by atoms with van der Waals surface area (Å²) in [5, 5.41) is 6.94. The standard InChI is InChI=1S/C12H22N4O/c1-3-10(2)11(13)12(17)14-6-4-8-16-9-5-7-15-16/h5,7,9-11H,3-4,6,8,13H2,1-2H3,(H,14,17). The fraction of sp³-hybridized carbons (Fsp3) is 0.667. The van der Waals surface area contributed by atoms with Crippen molar-refractivity contribution in [1.29, 1.82) is 0 Å². The number of rotatable bonds is 7. The zero-order valence-corrected chi connectivity index (χ0v) is 10.6. The van der Waals surface area contributed by atoms with Crippen molar-refractivity contribution in [2.24, 2.45) is 11.7 Å². The Morgan fingerprint density at radius 2 is 2.35 bits per heavy atom. The number of hydrogen-bond acceptors (Lipinski definition) is 3. The molecule has 0 fully saturated rings. The van der Waals surface area contributed by atoms with E-state index in [4.69, 9.17) is 5.73 Å². The van der Waals surface area contributed by atoms with Crippen LogP contribution in [0.2, 0.25) is 0 Å². The molecule has 1 rings (SSSR count). The minimum atomic E-state index is -0.398. The van der Waals surface area contributed by atoms with Gasteiger partial charge in [0.15, 0.2) is 0 Å². The average molecular weight is 238 g/mol. The van der Waals surface area contributed by atoms with Gasteiger partial charge in [0.05, 0.1) is 6.04 Å². The SMILES string of the molecule is CCC(C)C(N)C(=O)NCCCn1cccn1. The zero-order chi connectivity index (χ0) is 12.7. The Bertz CT molecular complexity index is 323. The van der Waals surface area contributed by atoms with Crippen LogP contribution in [0.4, 0.5) is 0 Å². The molecule has 0 saturated carbocycles. The molecular formula is C12H22N4O. The molecule has 0 bridgehead atoms. The average Bonchev–Trinajstić information content (AvgIpc) is 2.85. The van der Waals surface area contributed by atoms with Crippen molar-refractivity contribution in [2.75, 3.05) is 6.54 Å². The number of carbonyl (C=O) groups excluding carboxylic acids is 1. The summed E-state index contributed by atoms with van der Waals surface area (Å²) in [4.78, 5) is 11.6. The third-order valence-electron chi connectivity index (χ3n) is 2.98. The predicted octanol–water partition coefficient (Wildman–Crippen LogP) is 0.763. The molecule has 17 heavy (non-hydrogen) atoms. The van der Waals surface area contributed by atoms with E-state index in [9.17, 15) is 4.79 Å². The molecule has 1 amide bonds. The van der Waals surface area contributed by atoms with Crippen LogP contribution in [0.5, 0.6) is 0 Å². The van der Waals surface area contributed by atoms with E-state index < -0.39 is 6.04 Å². The third kappa shape index (κ3) is 4.56. The fourth-order valence-corrected chi connectivity index (χ4v) is 1.52. The molecule has 5 heteroatoms. The quantitative estimate of drug-likeness (QED) is 0.689. The first-order valence-corrected chi connectivity index (χ1v) is 6.16. The Hall–Kier alpha value is -1.36. The Morgan fingerprint density at radius 3 is 2.94 bits per heavy atom. The van der Waals surface area contributed by atoms with Crippen molar-refractivity contribution in [2.45, 2.75) is 39.3 Å². The fourth-order valence-electron chi connectivity index (χ4n) is 1.52. The summed E-state index contributed by atoms with van der Waals surface area (Å²) in [6.07, 6.45) is 5.44. The molecule has 96 valence electrons. The Labute approximate surface area is 102 Å². The van der Waals surface area contributed by atoms with Crippen molar-refractivity contribution in [3.8, 4) is 0 Å². The van der Waals surface area contributed by atoms with Gasteiger partial charge in [0.25, 0.3) is 0 Å². The van der Waals surface area contributed by atoms with Gasteiger partial charge in [-0.3, -0.25) is 9.48 Å². The largest absolute Gasteiger partial charge is 0.355 e. The van der Waals surface area contributed by atoms with Crippen LogP contribution in [-0.2, 0) is 11.3 Å². The van der Waals surface area contributed by atoms with Gasteiger partial charge in [-0.05, 0) is 18.4 Å². The second-order valence-corrected chi connectivity index (χ2v) is 4.33. The van der Waals surface area contributed by atoms with Gasteiger partial charge < -0.3 is 11.1 Å². The number of nitrogens with one attached hydrogen (secondary N) is 1. The lowest BCUT2D eigenvalue weighted by Crippen LogP contribution is -2.44. The van der Waals surface area contributed by atoms with E-state index in [1.165, 1.54) is 0 Å². The summed E-state index contributed by atoms with van der Waals surface area (Å²) in [7, 11) is 0. The second-order valence-electron chi connectivity index (χ2n) is 4.33. The minimum absolute atomic E-state index is 0.0557. The third-order valence-corrected chi connectivity index (χ3v) is 2.98. The zero-order valence-electron chi connectivity index (χ0n) is 10.6. The highest BCUT2D eigenvalue weighted by molar-refractivity contribution is 5.81. The number of hydrogen-bond donors (Lipinski definition) is 2. The van der Waals surface area contributed by atoms with Crippen molar-refractivity contribution < 1.29 is 4.79 Å². The highest BCUT2D eigenvalue weighted by Crippen LogP contribution is 2.04. The maximum atomic E-state index is 11.6. The van der Waals surface area contributed by atoms with Gasteiger partial charge in [-0.1, -0.05) is 20.3 Å². The van der Waals surface area contributed by atoms with Crippen LogP contribution >= 0.6 is 0 Å². The lowest BCUT2D eigenvalue weighted by Gasteiger charge is -2.17. The summed E-state index contributed by atoms with van der Waals surface area (Å²) in [6, 6.07) is 1.49. The molecule has 1 heterocycles. The second kappa shape index (κ2) is 7.06.